The summed E-state index contributed by atoms with van der Waals surface area (Å²) in [6, 6.07) is 14.2. The lowest BCUT2D eigenvalue weighted by Gasteiger charge is -2.17. The maximum Gasteiger partial charge on any atom is 0.257 e. The average Bonchev–Trinajstić information content (AvgIpc) is 3.35. The van der Waals surface area contributed by atoms with Crippen LogP contribution in [0.4, 0.5) is 5.69 Å². The molecule has 1 amide bonds. The molecule has 1 aliphatic rings. The summed E-state index contributed by atoms with van der Waals surface area (Å²) in [6.07, 6.45) is 0.288. The van der Waals surface area contributed by atoms with Crippen molar-refractivity contribution in [1.82, 2.24) is 10.1 Å². The molecule has 0 saturated carbocycles. The summed E-state index contributed by atoms with van der Waals surface area (Å²) < 4.78 is 10.5. The van der Waals surface area contributed by atoms with Crippen LogP contribution in [0.5, 0.6) is 5.75 Å². The maximum atomic E-state index is 12.5. The van der Waals surface area contributed by atoms with Crippen molar-refractivity contribution in [2.75, 3.05) is 18.6 Å². The van der Waals surface area contributed by atoms with Gasteiger partial charge in [0.25, 0.3) is 5.89 Å². The number of rotatable bonds is 4. The molecule has 2 heterocycles. The van der Waals surface area contributed by atoms with Gasteiger partial charge in [-0.15, -0.1) is 0 Å². The van der Waals surface area contributed by atoms with Crippen molar-refractivity contribution in [2.24, 2.45) is 0 Å². The number of halogens is 1. The van der Waals surface area contributed by atoms with Crippen LogP contribution in [0.1, 0.15) is 23.7 Å². The zero-order chi connectivity index (χ0) is 19.7. The smallest absolute Gasteiger partial charge is 0.257 e. The van der Waals surface area contributed by atoms with Gasteiger partial charge < -0.3 is 14.2 Å². The zero-order valence-electron chi connectivity index (χ0n) is 14.9. The van der Waals surface area contributed by atoms with Crippen molar-refractivity contribution in [3.63, 3.8) is 0 Å². The molecule has 0 bridgehead atoms. The van der Waals surface area contributed by atoms with Gasteiger partial charge in [-0.1, -0.05) is 16.8 Å². The van der Waals surface area contributed by atoms with E-state index in [2.05, 4.69) is 16.2 Å². The lowest BCUT2D eigenvalue weighted by atomic mass is 10.1. The highest BCUT2D eigenvalue weighted by Gasteiger charge is 2.35. The highest BCUT2D eigenvalue weighted by Crippen LogP contribution is 2.35. The molecule has 0 radical (unpaired) electrons. The number of nitrogens with zero attached hydrogens (tertiary/aromatic N) is 4. The van der Waals surface area contributed by atoms with Crippen LogP contribution in [0.25, 0.3) is 11.5 Å². The molecule has 3 aromatic rings. The van der Waals surface area contributed by atoms with Crippen LogP contribution in [0, 0.1) is 11.3 Å². The number of hydrogen-bond donors (Lipinski definition) is 0. The van der Waals surface area contributed by atoms with E-state index < -0.39 is 0 Å². The largest absolute Gasteiger partial charge is 0.495 e. The Bertz CT molecular complexity index is 1070. The molecule has 1 atom stereocenters. The molecule has 1 aliphatic heterocycles. The summed E-state index contributed by atoms with van der Waals surface area (Å²) in [5.41, 5.74) is 1.98. The molecule has 1 saturated heterocycles. The van der Waals surface area contributed by atoms with Gasteiger partial charge in [-0.3, -0.25) is 4.79 Å². The second-order valence-electron chi connectivity index (χ2n) is 6.37. The Morgan fingerprint density at radius 1 is 1.29 bits per heavy atom. The minimum Gasteiger partial charge on any atom is -0.495 e. The second-order valence-corrected chi connectivity index (χ2v) is 6.78. The monoisotopic (exact) mass is 394 g/mol. The van der Waals surface area contributed by atoms with Crippen LogP contribution >= 0.6 is 11.6 Å². The molecule has 7 nitrogen and oxygen atoms in total. The van der Waals surface area contributed by atoms with E-state index in [1.807, 2.05) is 0 Å². The van der Waals surface area contributed by atoms with E-state index >= 15 is 0 Å². The molecular formula is C20H15ClN4O3. The molecule has 4 rings (SSSR count). The summed E-state index contributed by atoms with van der Waals surface area (Å²) >= 11 is 6.18. The van der Waals surface area contributed by atoms with Gasteiger partial charge in [0.15, 0.2) is 5.82 Å². The Balaban J connectivity index is 1.53. The fraction of sp³-hybridized carbons (Fsp3) is 0.200. The van der Waals surface area contributed by atoms with Gasteiger partial charge in [0, 0.05) is 30.1 Å². The first kappa shape index (κ1) is 18.0. The summed E-state index contributed by atoms with van der Waals surface area (Å²) in [4.78, 5) is 18.6. The zero-order valence-corrected chi connectivity index (χ0v) is 15.7. The van der Waals surface area contributed by atoms with E-state index in [9.17, 15) is 4.79 Å². The SMILES string of the molecule is COc1ccc(N2CC(c3noc(-c4ccc(C#N)cc4)n3)CC2=O)cc1Cl. The van der Waals surface area contributed by atoms with Crippen molar-refractivity contribution >= 4 is 23.2 Å². The van der Waals surface area contributed by atoms with Gasteiger partial charge in [-0.2, -0.15) is 10.2 Å². The Morgan fingerprint density at radius 3 is 2.75 bits per heavy atom. The van der Waals surface area contributed by atoms with Crippen LogP contribution in [0.3, 0.4) is 0 Å². The van der Waals surface area contributed by atoms with Gasteiger partial charge in [-0.05, 0) is 42.5 Å². The van der Waals surface area contributed by atoms with E-state index in [-0.39, 0.29) is 18.2 Å². The Kier molecular flexibility index (Phi) is 4.72. The fourth-order valence-corrected chi connectivity index (χ4v) is 3.41. The first-order chi connectivity index (χ1) is 13.6. The Hall–Kier alpha value is -3.37. The predicted octanol–water partition coefficient (Wildman–Crippen LogP) is 3.79. The Morgan fingerprint density at radius 2 is 2.07 bits per heavy atom. The molecule has 1 unspecified atom stereocenters. The van der Waals surface area contributed by atoms with Crippen LogP contribution in [0.15, 0.2) is 47.0 Å². The van der Waals surface area contributed by atoms with E-state index in [4.69, 9.17) is 26.1 Å². The molecule has 0 aliphatic carbocycles. The predicted molar refractivity (Wildman–Crippen MR) is 102 cm³/mol. The minimum absolute atomic E-state index is 0.0315. The van der Waals surface area contributed by atoms with Gasteiger partial charge >= 0.3 is 0 Å². The molecule has 1 aromatic heterocycles. The third kappa shape index (κ3) is 3.30. The third-order valence-corrected chi connectivity index (χ3v) is 4.94. The number of nitriles is 1. The van der Waals surface area contributed by atoms with Gasteiger partial charge in [0.2, 0.25) is 5.91 Å². The van der Waals surface area contributed by atoms with Crippen molar-refractivity contribution in [3.05, 3.63) is 58.9 Å². The number of anilines is 1. The standard InChI is InChI=1S/C20H15ClN4O3/c1-27-17-7-6-15(9-16(17)21)25-11-14(8-18(25)26)19-23-20(28-24-19)13-4-2-12(10-22)3-5-13/h2-7,9,14H,8,11H2,1H3. The number of carbonyl (C=O) groups excluding carboxylic acids is 1. The molecule has 8 heteroatoms. The van der Waals surface area contributed by atoms with Crippen molar-refractivity contribution in [1.29, 1.82) is 5.26 Å². The van der Waals surface area contributed by atoms with Crippen LogP contribution in [-0.4, -0.2) is 29.7 Å². The third-order valence-electron chi connectivity index (χ3n) is 4.64. The van der Waals surface area contributed by atoms with E-state index in [0.717, 1.165) is 5.56 Å². The van der Waals surface area contributed by atoms with E-state index in [0.29, 0.717) is 40.3 Å². The maximum absolute atomic E-state index is 12.5. The minimum atomic E-state index is -0.177. The quantitative estimate of drug-likeness (QED) is 0.668. The van der Waals surface area contributed by atoms with Gasteiger partial charge in [0.1, 0.15) is 5.75 Å². The van der Waals surface area contributed by atoms with Crippen molar-refractivity contribution in [2.45, 2.75) is 12.3 Å². The van der Waals surface area contributed by atoms with Crippen LogP contribution < -0.4 is 9.64 Å². The molecule has 0 N–H and O–H groups in total. The summed E-state index contributed by atoms with van der Waals surface area (Å²) in [7, 11) is 1.54. The number of aromatic nitrogens is 2. The fourth-order valence-electron chi connectivity index (χ4n) is 3.16. The molecule has 28 heavy (non-hydrogen) atoms. The van der Waals surface area contributed by atoms with E-state index in [1.54, 1.807) is 54.5 Å². The highest BCUT2D eigenvalue weighted by atomic mass is 35.5. The van der Waals surface area contributed by atoms with Gasteiger partial charge in [0.05, 0.1) is 23.8 Å². The number of methoxy groups -OCH3 is 1. The summed E-state index contributed by atoms with van der Waals surface area (Å²) in [6.45, 7) is 0.438. The number of benzene rings is 2. The number of ether oxygens (including phenoxy) is 1. The molecule has 140 valence electrons. The summed E-state index contributed by atoms with van der Waals surface area (Å²) in [5.74, 6) is 1.19. The number of carbonyl (C=O) groups is 1. The van der Waals surface area contributed by atoms with E-state index in [1.165, 1.54) is 0 Å². The molecule has 0 spiro atoms. The lowest BCUT2D eigenvalue weighted by molar-refractivity contribution is -0.117. The van der Waals surface area contributed by atoms with Crippen LogP contribution in [-0.2, 0) is 4.79 Å². The van der Waals surface area contributed by atoms with Crippen molar-refractivity contribution in [3.8, 4) is 23.3 Å². The van der Waals surface area contributed by atoms with Crippen molar-refractivity contribution < 1.29 is 14.1 Å². The topological polar surface area (TPSA) is 92.2 Å². The summed E-state index contributed by atoms with van der Waals surface area (Å²) in [5, 5.41) is 13.4. The first-order valence-corrected chi connectivity index (χ1v) is 8.95. The average molecular weight is 395 g/mol. The molecule has 2 aromatic carbocycles. The first-order valence-electron chi connectivity index (χ1n) is 8.57. The Labute approximate surface area is 166 Å². The van der Waals surface area contributed by atoms with Crippen LogP contribution in [0.2, 0.25) is 5.02 Å². The molecular weight excluding hydrogens is 380 g/mol. The number of hydrogen-bond acceptors (Lipinski definition) is 6. The number of amides is 1. The molecule has 1 fully saturated rings. The second kappa shape index (κ2) is 7.33. The lowest BCUT2D eigenvalue weighted by Crippen LogP contribution is -2.24. The van der Waals surface area contributed by atoms with Gasteiger partial charge in [-0.25, -0.2) is 0 Å². The normalized spacial score (nSPS) is 16.2. The highest BCUT2D eigenvalue weighted by molar-refractivity contribution is 6.32.